The number of benzene rings is 1. The molecule has 3 N–H and O–H groups in total. The highest BCUT2D eigenvalue weighted by Crippen LogP contribution is 2.17. The standard InChI is InChI=1S/C19H28N6O/c1-19(2,17(26)20-3)13-23-18(21-4)25(5)12-16-22-11-15(24-16)14-9-7-6-8-10-14/h6-11H,12-13H2,1-5H3,(H,20,26)(H,21,23)(H,22,24). The van der Waals surface area contributed by atoms with E-state index in [9.17, 15) is 4.79 Å². The zero-order valence-corrected chi connectivity index (χ0v) is 16.1. The molecule has 140 valence electrons. The van der Waals surface area contributed by atoms with Gasteiger partial charge in [0.1, 0.15) is 5.82 Å². The first kappa shape index (κ1) is 19.5. The Kier molecular flexibility index (Phi) is 6.38. The minimum atomic E-state index is -0.531. The van der Waals surface area contributed by atoms with Crippen LogP contribution in [-0.2, 0) is 11.3 Å². The van der Waals surface area contributed by atoms with Gasteiger partial charge in [0.25, 0.3) is 0 Å². The van der Waals surface area contributed by atoms with Crippen molar-refractivity contribution in [1.29, 1.82) is 0 Å². The fourth-order valence-corrected chi connectivity index (χ4v) is 2.61. The second kappa shape index (κ2) is 8.51. The van der Waals surface area contributed by atoms with Crippen molar-refractivity contribution in [2.24, 2.45) is 10.4 Å². The molecule has 7 heteroatoms. The Morgan fingerprint density at radius 3 is 2.62 bits per heavy atom. The number of guanidine groups is 1. The molecule has 0 spiro atoms. The van der Waals surface area contributed by atoms with Crippen LogP contribution in [0.4, 0.5) is 0 Å². The smallest absolute Gasteiger partial charge is 0.227 e. The molecular formula is C19H28N6O. The minimum absolute atomic E-state index is 0.0124. The average Bonchev–Trinajstić information content (AvgIpc) is 3.10. The molecule has 0 fully saturated rings. The summed E-state index contributed by atoms with van der Waals surface area (Å²) in [6.45, 7) is 4.85. The minimum Gasteiger partial charge on any atom is -0.359 e. The average molecular weight is 356 g/mol. The number of aliphatic imine (C=N–C) groups is 1. The molecule has 1 aromatic carbocycles. The Labute approximate surface area is 154 Å². The van der Waals surface area contributed by atoms with E-state index in [1.54, 1.807) is 14.1 Å². The number of nitrogens with one attached hydrogen (secondary N) is 3. The Balaban J connectivity index is 1.98. The number of imidazole rings is 1. The fourth-order valence-electron chi connectivity index (χ4n) is 2.61. The third kappa shape index (κ3) is 4.84. The maximum Gasteiger partial charge on any atom is 0.227 e. The number of carbonyl (C=O) groups is 1. The van der Waals surface area contributed by atoms with Gasteiger partial charge >= 0.3 is 0 Å². The van der Waals surface area contributed by atoms with E-state index in [1.807, 2.05) is 62.3 Å². The summed E-state index contributed by atoms with van der Waals surface area (Å²) in [5.74, 6) is 1.54. The molecule has 1 amide bonds. The Morgan fingerprint density at radius 2 is 2.00 bits per heavy atom. The van der Waals surface area contributed by atoms with Gasteiger partial charge in [-0.2, -0.15) is 0 Å². The maximum absolute atomic E-state index is 11.9. The van der Waals surface area contributed by atoms with Gasteiger partial charge in [-0.05, 0) is 19.4 Å². The zero-order chi connectivity index (χ0) is 19.2. The van der Waals surface area contributed by atoms with E-state index in [0.29, 0.717) is 19.0 Å². The molecule has 0 unspecified atom stereocenters. The first-order valence-corrected chi connectivity index (χ1v) is 8.60. The molecule has 0 aliphatic heterocycles. The largest absolute Gasteiger partial charge is 0.359 e. The van der Waals surface area contributed by atoms with Gasteiger partial charge in [0.15, 0.2) is 5.96 Å². The van der Waals surface area contributed by atoms with Crippen LogP contribution in [0.25, 0.3) is 11.3 Å². The molecule has 26 heavy (non-hydrogen) atoms. The van der Waals surface area contributed by atoms with Gasteiger partial charge in [-0.1, -0.05) is 30.3 Å². The van der Waals surface area contributed by atoms with Crippen LogP contribution in [0.2, 0.25) is 0 Å². The molecule has 2 aromatic rings. The lowest BCUT2D eigenvalue weighted by Crippen LogP contribution is -2.47. The number of aromatic nitrogens is 2. The lowest BCUT2D eigenvalue weighted by Gasteiger charge is -2.27. The third-order valence-electron chi connectivity index (χ3n) is 4.20. The monoisotopic (exact) mass is 356 g/mol. The van der Waals surface area contributed by atoms with Crippen LogP contribution in [0.15, 0.2) is 41.5 Å². The van der Waals surface area contributed by atoms with Crippen molar-refractivity contribution in [3.05, 3.63) is 42.4 Å². The summed E-state index contributed by atoms with van der Waals surface area (Å²) in [7, 11) is 5.31. The molecule has 0 aliphatic carbocycles. The van der Waals surface area contributed by atoms with Crippen LogP contribution in [-0.4, -0.2) is 54.4 Å². The van der Waals surface area contributed by atoms with Crippen LogP contribution in [0, 0.1) is 5.41 Å². The zero-order valence-electron chi connectivity index (χ0n) is 16.1. The molecule has 0 radical (unpaired) electrons. The van der Waals surface area contributed by atoms with Crippen LogP contribution in [0.1, 0.15) is 19.7 Å². The molecule has 0 aliphatic rings. The highest BCUT2D eigenvalue weighted by Gasteiger charge is 2.27. The summed E-state index contributed by atoms with van der Waals surface area (Å²) in [5.41, 5.74) is 1.55. The van der Waals surface area contributed by atoms with Crippen molar-refractivity contribution in [3.63, 3.8) is 0 Å². The molecule has 0 saturated heterocycles. The number of amides is 1. The van der Waals surface area contributed by atoms with Gasteiger partial charge in [-0.25, -0.2) is 4.98 Å². The van der Waals surface area contributed by atoms with Crippen LogP contribution in [0.5, 0.6) is 0 Å². The predicted molar refractivity (Wildman–Crippen MR) is 105 cm³/mol. The summed E-state index contributed by atoms with van der Waals surface area (Å²) < 4.78 is 0. The molecule has 1 heterocycles. The van der Waals surface area contributed by atoms with E-state index in [0.717, 1.165) is 17.1 Å². The van der Waals surface area contributed by atoms with Gasteiger partial charge in [0, 0.05) is 27.7 Å². The van der Waals surface area contributed by atoms with E-state index >= 15 is 0 Å². The fraction of sp³-hybridized carbons (Fsp3) is 0.421. The lowest BCUT2D eigenvalue weighted by molar-refractivity contribution is -0.128. The van der Waals surface area contributed by atoms with E-state index in [4.69, 9.17) is 0 Å². The number of rotatable bonds is 6. The number of nitrogens with zero attached hydrogens (tertiary/aromatic N) is 3. The van der Waals surface area contributed by atoms with Gasteiger partial charge in [-0.15, -0.1) is 0 Å². The lowest BCUT2D eigenvalue weighted by atomic mass is 9.92. The van der Waals surface area contributed by atoms with Crippen LogP contribution < -0.4 is 10.6 Å². The predicted octanol–water partition coefficient (Wildman–Crippen LogP) is 1.86. The maximum atomic E-state index is 11.9. The summed E-state index contributed by atoms with van der Waals surface area (Å²) >= 11 is 0. The van der Waals surface area contributed by atoms with Crippen molar-refractivity contribution < 1.29 is 4.79 Å². The summed E-state index contributed by atoms with van der Waals surface area (Å²) in [5, 5.41) is 5.94. The van der Waals surface area contributed by atoms with E-state index < -0.39 is 5.41 Å². The third-order valence-corrected chi connectivity index (χ3v) is 4.20. The number of H-pyrrole nitrogens is 1. The molecule has 7 nitrogen and oxygen atoms in total. The molecular weight excluding hydrogens is 328 g/mol. The SMILES string of the molecule is CN=C(NCC(C)(C)C(=O)NC)N(C)Cc1ncc(-c2ccccc2)[nH]1. The van der Waals surface area contributed by atoms with Gasteiger partial charge in [-0.3, -0.25) is 9.79 Å². The van der Waals surface area contributed by atoms with E-state index in [2.05, 4.69) is 25.6 Å². The number of carbonyl (C=O) groups excluding carboxylic acids is 1. The van der Waals surface area contributed by atoms with Crippen molar-refractivity contribution in [3.8, 4) is 11.3 Å². The number of hydrogen-bond donors (Lipinski definition) is 3. The summed E-state index contributed by atoms with van der Waals surface area (Å²) in [6, 6.07) is 10.1. The molecule has 0 bridgehead atoms. The Hall–Kier alpha value is -2.83. The van der Waals surface area contributed by atoms with Crippen LogP contribution >= 0.6 is 0 Å². The van der Waals surface area contributed by atoms with Gasteiger partial charge in [0.2, 0.25) is 5.91 Å². The highest BCUT2D eigenvalue weighted by atomic mass is 16.2. The van der Waals surface area contributed by atoms with Gasteiger partial charge in [0.05, 0.1) is 23.9 Å². The topological polar surface area (TPSA) is 85.4 Å². The van der Waals surface area contributed by atoms with Crippen molar-refractivity contribution >= 4 is 11.9 Å². The van der Waals surface area contributed by atoms with Crippen LogP contribution in [0.3, 0.4) is 0 Å². The second-order valence-electron chi connectivity index (χ2n) is 6.83. The summed E-state index contributed by atoms with van der Waals surface area (Å²) in [6.07, 6.45) is 1.84. The van der Waals surface area contributed by atoms with Crippen molar-refractivity contribution in [2.45, 2.75) is 20.4 Å². The summed E-state index contributed by atoms with van der Waals surface area (Å²) in [4.78, 5) is 26.0. The normalized spacial score (nSPS) is 12.0. The first-order chi connectivity index (χ1) is 12.4. The number of hydrogen-bond acceptors (Lipinski definition) is 3. The van der Waals surface area contributed by atoms with Crippen molar-refractivity contribution in [1.82, 2.24) is 25.5 Å². The van der Waals surface area contributed by atoms with Gasteiger partial charge < -0.3 is 20.5 Å². The Morgan fingerprint density at radius 1 is 1.31 bits per heavy atom. The molecule has 2 rings (SSSR count). The highest BCUT2D eigenvalue weighted by molar-refractivity contribution is 5.84. The second-order valence-corrected chi connectivity index (χ2v) is 6.83. The van der Waals surface area contributed by atoms with E-state index in [-0.39, 0.29) is 5.91 Å². The molecule has 0 saturated carbocycles. The van der Waals surface area contributed by atoms with Crippen molar-refractivity contribution in [2.75, 3.05) is 27.7 Å². The van der Waals surface area contributed by atoms with E-state index in [1.165, 1.54) is 0 Å². The number of aromatic amines is 1. The molecule has 0 atom stereocenters. The Bertz CT molecular complexity index is 750. The quantitative estimate of drug-likeness (QED) is 0.545. The first-order valence-electron chi connectivity index (χ1n) is 8.60. The molecule has 1 aromatic heterocycles.